The number of carbonyl (C=O) groups excluding carboxylic acids is 1. The normalized spacial score (nSPS) is 12.2. The average molecular weight is 279 g/mol. The summed E-state index contributed by atoms with van der Waals surface area (Å²) in [6, 6.07) is 4.18. The SMILES string of the molecule is CCN(CC)C(C)C(=O)Nc1cc([N+](=O)[O-])ccc1C. The van der Waals surface area contributed by atoms with E-state index in [2.05, 4.69) is 5.32 Å². The molecule has 1 aromatic carbocycles. The Morgan fingerprint density at radius 2 is 2.00 bits per heavy atom. The zero-order valence-corrected chi connectivity index (χ0v) is 12.3. The van der Waals surface area contributed by atoms with E-state index in [9.17, 15) is 14.9 Å². The number of benzene rings is 1. The van der Waals surface area contributed by atoms with Crippen molar-refractivity contribution in [2.24, 2.45) is 0 Å². The van der Waals surface area contributed by atoms with Crippen LogP contribution in [0.3, 0.4) is 0 Å². The molecule has 0 spiro atoms. The Hall–Kier alpha value is -1.95. The summed E-state index contributed by atoms with van der Waals surface area (Å²) >= 11 is 0. The van der Waals surface area contributed by atoms with E-state index in [-0.39, 0.29) is 17.6 Å². The van der Waals surface area contributed by atoms with Crippen LogP contribution < -0.4 is 5.32 Å². The maximum atomic E-state index is 12.2. The van der Waals surface area contributed by atoms with Gasteiger partial charge < -0.3 is 5.32 Å². The van der Waals surface area contributed by atoms with Crippen LogP contribution in [-0.4, -0.2) is 34.9 Å². The van der Waals surface area contributed by atoms with Crippen LogP contribution in [0, 0.1) is 17.0 Å². The van der Waals surface area contributed by atoms with Crippen LogP contribution in [0.1, 0.15) is 26.3 Å². The molecule has 20 heavy (non-hydrogen) atoms. The standard InChI is InChI=1S/C14H21N3O3/c1-5-16(6-2)11(4)14(18)15-13-9-12(17(19)20)8-7-10(13)3/h7-9,11H,5-6H2,1-4H3,(H,15,18). The van der Waals surface area contributed by atoms with Crippen molar-refractivity contribution >= 4 is 17.3 Å². The van der Waals surface area contributed by atoms with Crippen LogP contribution in [0.25, 0.3) is 0 Å². The lowest BCUT2D eigenvalue weighted by molar-refractivity contribution is -0.384. The van der Waals surface area contributed by atoms with Crippen molar-refractivity contribution in [3.8, 4) is 0 Å². The van der Waals surface area contributed by atoms with Gasteiger partial charge in [-0.25, -0.2) is 0 Å². The number of non-ortho nitro benzene ring substituents is 1. The van der Waals surface area contributed by atoms with Crippen LogP contribution in [0.5, 0.6) is 0 Å². The minimum atomic E-state index is -0.469. The molecule has 1 amide bonds. The second kappa shape index (κ2) is 7.00. The smallest absolute Gasteiger partial charge is 0.271 e. The number of aryl methyl sites for hydroxylation is 1. The molecule has 0 saturated carbocycles. The number of amides is 1. The van der Waals surface area contributed by atoms with Gasteiger partial charge in [0.05, 0.1) is 16.7 Å². The fourth-order valence-corrected chi connectivity index (χ4v) is 2.03. The first-order valence-corrected chi connectivity index (χ1v) is 6.70. The van der Waals surface area contributed by atoms with E-state index in [1.54, 1.807) is 13.0 Å². The van der Waals surface area contributed by atoms with Crippen molar-refractivity contribution in [3.63, 3.8) is 0 Å². The van der Waals surface area contributed by atoms with Gasteiger partial charge in [-0.2, -0.15) is 0 Å². The van der Waals surface area contributed by atoms with Crippen molar-refractivity contribution in [1.82, 2.24) is 4.90 Å². The first kappa shape index (κ1) is 16.1. The Bertz CT molecular complexity index is 498. The lowest BCUT2D eigenvalue weighted by atomic mass is 10.1. The Balaban J connectivity index is 2.90. The number of hydrogen-bond donors (Lipinski definition) is 1. The van der Waals surface area contributed by atoms with Crippen LogP contribution in [0.15, 0.2) is 18.2 Å². The number of carbonyl (C=O) groups is 1. The quantitative estimate of drug-likeness (QED) is 0.641. The number of nitrogens with one attached hydrogen (secondary N) is 1. The predicted octanol–water partition coefficient (Wildman–Crippen LogP) is 2.57. The number of rotatable bonds is 6. The summed E-state index contributed by atoms with van der Waals surface area (Å²) in [4.78, 5) is 24.5. The van der Waals surface area contributed by atoms with Gasteiger partial charge in [0.2, 0.25) is 5.91 Å². The van der Waals surface area contributed by atoms with Gasteiger partial charge >= 0.3 is 0 Å². The molecule has 0 fully saturated rings. The van der Waals surface area contributed by atoms with Crippen LogP contribution in [0.4, 0.5) is 11.4 Å². The Kier molecular flexibility index (Phi) is 5.64. The lowest BCUT2D eigenvalue weighted by Crippen LogP contribution is -2.41. The van der Waals surface area contributed by atoms with Gasteiger partial charge in [0.15, 0.2) is 0 Å². The fourth-order valence-electron chi connectivity index (χ4n) is 2.03. The zero-order valence-electron chi connectivity index (χ0n) is 12.3. The minimum absolute atomic E-state index is 0.0265. The predicted molar refractivity (Wildman–Crippen MR) is 78.8 cm³/mol. The van der Waals surface area contributed by atoms with Crippen molar-refractivity contribution in [2.45, 2.75) is 33.7 Å². The summed E-state index contributed by atoms with van der Waals surface area (Å²) in [6.07, 6.45) is 0. The highest BCUT2D eigenvalue weighted by Gasteiger charge is 2.20. The number of nitro groups is 1. The summed E-state index contributed by atoms with van der Waals surface area (Å²) in [6.45, 7) is 9.17. The van der Waals surface area contributed by atoms with E-state index < -0.39 is 4.92 Å². The van der Waals surface area contributed by atoms with E-state index in [1.165, 1.54) is 12.1 Å². The first-order valence-electron chi connectivity index (χ1n) is 6.70. The number of nitrogens with zero attached hydrogens (tertiary/aromatic N) is 2. The molecule has 0 aliphatic rings. The van der Waals surface area contributed by atoms with E-state index in [1.807, 2.05) is 25.7 Å². The number of likely N-dealkylation sites (N-methyl/N-ethyl adjacent to an activating group) is 1. The molecule has 0 heterocycles. The maximum Gasteiger partial charge on any atom is 0.271 e. The largest absolute Gasteiger partial charge is 0.324 e. The van der Waals surface area contributed by atoms with Gasteiger partial charge in [0.25, 0.3) is 5.69 Å². The highest BCUT2D eigenvalue weighted by atomic mass is 16.6. The molecule has 0 aliphatic heterocycles. The maximum absolute atomic E-state index is 12.2. The highest BCUT2D eigenvalue weighted by molar-refractivity contribution is 5.95. The second-order valence-corrected chi connectivity index (χ2v) is 4.64. The summed E-state index contributed by atoms with van der Waals surface area (Å²) in [5.41, 5.74) is 1.26. The van der Waals surface area contributed by atoms with Crippen LogP contribution >= 0.6 is 0 Å². The Morgan fingerprint density at radius 1 is 1.40 bits per heavy atom. The number of anilines is 1. The third-order valence-electron chi connectivity index (χ3n) is 3.43. The van der Waals surface area contributed by atoms with E-state index in [0.717, 1.165) is 18.7 Å². The first-order chi connectivity index (χ1) is 9.40. The molecule has 0 bridgehead atoms. The van der Waals surface area contributed by atoms with E-state index in [0.29, 0.717) is 5.69 Å². The summed E-state index contributed by atoms with van der Waals surface area (Å²) < 4.78 is 0. The monoisotopic (exact) mass is 279 g/mol. The molecule has 6 nitrogen and oxygen atoms in total. The molecule has 1 N–H and O–H groups in total. The molecular weight excluding hydrogens is 258 g/mol. The molecule has 0 aromatic heterocycles. The Morgan fingerprint density at radius 3 is 2.50 bits per heavy atom. The summed E-state index contributed by atoms with van der Waals surface area (Å²) in [5, 5.41) is 13.5. The van der Waals surface area contributed by atoms with E-state index in [4.69, 9.17) is 0 Å². The summed E-state index contributed by atoms with van der Waals surface area (Å²) in [5.74, 6) is -0.155. The van der Waals surface area contributed by atoms with Gasteiger partial charge in [0.1, 0.15) is 0 Å². The lowest BCUT2D eigenvalue weighted by Gasteiger charge is -2.25. The molecule has 1 aromatic rings. The van der Waals surface area contributed by atoms with Crippen molar-refractivity contribution in [2.75, 3.05) is 18.4 Å². The van der Waals surface area contributed by atoms with Gasteiger partial charge in [-0.1, -0.05) is 19.9 Å². The van der Waals surface area contributed by atoms with Crippen molar-refractivity contribution in [1.29, 1.82) is 0 Å². The molecule has 0 radical (unpaired) electrons. The summed E-state index contributed by atoms with van der Waals surface area (Å²) in [7, 11) is 0. The van der Waals surface area contributed by atoms with Gasteiger partial charge in [0, 0.05) is 12.1 Å². The fraction of sp³-hybridized carbons (Fsp3) is 0.500. The van der Waals surface area contributed by atoms with E-state index >= 15 is 0 Å². The second-order valence-electron chi connectivity index (χ2n) is 4.64. The third-order valence-corrected chi connectivity index (χ3v) is 3.43. The average Bonchev–Trinajstić information content (AvgIpc) is 2.42. The third kappa shape index (κ3) is 3.77. The Labute approximate surface area is 118 Å². The number of nitro benzene ring substituents is 1. The van der Waals surface area contributed by atoms with Gasteiger partial charge in [-0.15, -0.1) is 0 Å². The number of hydrogen-bond acceptors (Lipinski definition) is 4. The molecule has 0 saturated heterocycles. The van der Waals surface area contributed by atoms with Crippen LogP contribution in [0.2, 0.25) is 0 Å². The molecule has 110 valence electrons. The minimum Gasteiger partial charge on any atom is -0.324 e. The van der Waals surface area contributed by atoms with Crippen molar-refractivity contribution in [3.05, 3.63) is 33.9 Å². The molecule has 1 unspecified atom stereocenters. The molecule has 1 atom stereocenters. The highest BCUT2D eigenvalue weighted by Crippen LogP contribution is 2.22. The van der Waals surface area contributed by atoms with Gasteiger partial charge in [-0.05, 0) is 32.5 Å². The topological polar surface area (TPSA) is 75.5 Å². The molecular formula is C14H21N3O3. The molecule has 6 heteroatoms. The molecule has 0 aliphatic carbocycles. The van der Waals surface area contributed by atoms with Crippen LogP contribution in [-0.2, 0) is 4.79 Å². The molecule has 1 rings (SSSR count). The van der Waals surface area contributed by atoms with Crippen molar-refractivity contribution < 1.29 is 9.72 Å². The van der Waals surface area contributed by atoms with Gasteiger partial charge in [-0.3, -0.25) is 19.8 Å². The zero-order chi connectivity index (χ0) is 15.3.